The van der Waals surface area contributed by atoms with E-state index in [9.17, 15) is 9.59 Å². The number of carbonyl (C=O) groups is 2. The van der Waals surface area contributed by atoms with Gasteiger partial charge in [0.1, 0.15) is 0 Å². The van der Waals surface area contributed by atoms with Crippen LogP contribution >= 0.6 is 0 Å². The second-order valence-electron chi connectivity index (χ2n) is 8.50. The number of alkyl carbamates (subject to hydrolysis) is 1. The molecule has 31 heavy (non-hydrogen) atoms. The number of nitrogens with zero attached hydrogens (tertiary/aromatic N) is 1. The van der Waals surface area contributed by atoms with E-state index in [0.717, 1.165) is 44.8 Å². The monoisotopic (exact) mass is 437 g/mol. The van der Waals surface area contributed by atoms with Crippen LogP contribution in [0, 0.1) is 17.4 Å². The molecule has 1 aliphatic rings. The van der Waals surface area contributed by atoms with Crippen molar-refractivity contribution < 1.29 is 28.5 Å². The number of nitrogens with two attached hydrogens (primary N) is 1. The third kappa shape index (κ3) is 12.7. The molecule has 0 saturated heterocycles. The standard InChI is InChI=1S/C14H24O3.C7H12BN3O3/c1-5-8-14(2,17-4)10-11-6-7-12(9-11)13(15)16-3;1-7(2,3)14-6(12)11-5(10)8-13-4-9/h9,11H,5-8,10H2,1-4H3;10H2,1-3H3,(H,11,12)/t11?,14-;/m0./s1. The molecule has 1 amide bonds. The van der Waals surface area contributed by atoms with Gasteiger partial charge in [-0.3, -0.25) is 0 Å². The van der Waals surface area contributed by atoms with Gasteiger partial charge >= 0.3 is 88.0 Å². The first-order chi connectivity index (χ1) is 14.4. The second-order valence-corrected chi connectivity index (χ2v) is 8.50. The summed E-state index contributed by atoms with van der Waals surface area (Å²) >= 11 is 0. The number of ether oxygens (including phenoxy) is 3. The summed E-state index contributed by atoms with van der Waals surface area (Å²) in [6.07, 6.45) is 7.77. The van der Waals surface area contributed by atoms with Crippen molar-refractivity contribution in [3.63, 3.8) is 0 Å². The summed E-state index contributed by atoms with van der Waals surface area (Å²) in [7, 11) is 4.12. The SMILES string of the molecule is CC(C)(C)OC(=O)NC(N)=BOC#N.CCC[C@@](C)(CC1C=C(C(=O)OC)CC1)OC. The van der Waals surface area contributed by atoms with E-state index in [2.05, 4.69) is 29.9 Å². The van der Waals surface area contributed by atoms with E-state index >= 15 is 0 Å². The van der Waals surface area contributed by atoms with Crippen LogP contribution < -0.4 is 11.1 Å². The van der Waals surface area contributed by atoms with Crippen LogP contribution in [0.1, 0.15) is 66.7 Å². The third-order valence-electron chi connectivity index (χ3n) is 4.52. The molecule has 3 N–H and O–H groups in total. The Morgan fingerprint density at radius 3 is 2.45 bits per heavy atom. The van der Waals surface area contributed by atoms with Crippen molar-refractivity contribution in [3.8, 4) is 6.26 Å². The van der Waals surface area contributed by atoms with Gasteiger partial charge in [-0.05, 0) is 38.5 Å². The van der Waals surface area contributed by atoms with Gasteiger partial charge in [0.25, 0.3) is 0 Å². The van der Waals surface area contributed by atoms with Gasteiger partial charge in [0.15, 0.2) is 0 Å². The number of amides is 1. The van der Waals surface area contributed by atoms with Crippen molar-refractivity contribution in [2.24, 2.45) is 11.7 Å². The maximum Gasteiger partial charge on any atom is 0.333 e. The van der Waals surface area contributed by atoms with Gasteiger partial charge in [-0.1, -0.05) is 19.4 Å². The average Bonchev–Trinajstić information content (AvgIpc) is 3.13. The first kappa shape index (κ1) is 28.5. The van der Waals surface area contributed by atoms with Gasteiger partial charge in [-0.2, -0.15) is 0 Å². The summed E-state index contributed by atoms with van der Waals surface area (Å²) in [4.78, 5) is 22.4. The Labute approximate surface area is 186 Å². The Balaban J connectivity index is 0.000000594. The van der Waals surface area contributed by atoms with Crippen LogP contribution in [-0.4, -0.2) is 50.3 Å². The van der Waals surface area contributed by atoms with Crippen LogP contribution in [0.15, 0.2) is 11.6 Å². The molecule has 9 nitrogen and oxygen atoms in total. The van der Waals surface area contributed by atoms with Crippen molar-refractivity contribution in [1.82, 2.24) is 5.32 Å². The fourth-order valence-corrected chi connectivity index (χ4v) is 3.17. The summed E-state index contributed by atoms with van der Waals surface area (Å²) in [6, 6.07) is 0. The van der Waals surface area contributed by atoms with E-state index < -0.39 is 11.7 Å². The number of rotatable bonds is 8. The number of methoxy groups -OCH3 is 2. The van der Waals surface area contributed by atoms with Gasteiger partial charge in [0.05, 0.1) is 12.7 Å². The minimum atomic E-state index is -0.701. The summed E-state index contributed by atoms with van der Waals surface area (Å²) in [5.41, 5.74) is 5.32. The molecule has 2 atom stereocenters. The van der Waals surface area contributed by atoms with E-state index in [1.807, 2.05) is 0 Å². The molecule has 0 aromatic carbocycles. The first-order valence-electron chi connectivity index (χ1n) is 10.2. The number of hydrogen-bond acceptors (Lipinski definition) is 8. The van der Waals surface area contributed by atoms with Crippen molar-refractivity contribution in [2.45, 2.75) is 77.9 Å². The number of nitrogens with one attached hydrogen (secondary N) is 1. The predicted molar refractivity (Wildman–Crippen MR) is 119 cm³/mol. The quantitative estimate of drug-likeness (QED) is 0.337. The normalized spacial score (nSPS) is 17.5. The van der Waals surface area contributed by atoms with Crippen LogP contribution in [0.25, 0.3) is 0 Å². The number of esters is 1. The summed E-state index contributed by atoms with van der Waals surface area (Å²) in [5, 5.41) is 10.2. The van der Waals surface area contributed by atoms with Crippen LogP contribution in [0.3, 0.4) is 0 Å². The third-order valence-corrected chi connectivity index (χ3v) is 4.52. The average molecular weight is 437 g/mol. The Morgan fingerprint density at radius 1 is 1.32 bits per heavy atom. The van der Waals surface area contributed by atoms with E-state index in [1.165, 1.54) is 13.4 Å². The minimum Gasteiger partial charge on any atom is -0.466 e. The minimum absolute atomic E-state index is 0.0680. The van der Waals surface area contributed by atoms with Crippen LogP contribution in [0.2, 0.25) is 0 Å². The molecule has 0 fully saturated rings. The summed E-state index contributed by atoms with van der Waals surface area (Å²) in [6.45, 7) is 9.48. The van der Waals surface area contributed by atoms with E-state index in [4.69, 9.17) is 25.2 Å². The topological polar surface area (TPSA) is 133 Å². The van der Waals surface area contributed by atoms with Gasteiger partial charge in [0.2, 0.25) is 0 Å². The number of allylic oxidation sites excluding steroid dienone is 1. The molecule has 1 rings (SSSR count). The molecule has 0 saturated carbocycles. The zero-order valence-electron chi connectivity index (χ0n) is 19.7. The number of hydrogen-bond donors (Lipinski definition) is 2. The predicted octanol–water partition coefficient (Wildman–Crippen LogP) is 2.77. The molecule has 1 aliphatic carbocycles. The van der Waals surface area contributed by atoms with Gasteiger partial charge in [-0.15, -0.1) is 0 Å². The number of nitriles is 1. The van der Waals surface area contributed by atoms with E-state index in [1.54, 1.807) is 27.9 Å². The van der Waals surface area contributed by atoms with Crippen molar-refractivity contribution in [2.75, 3.05) is 14.2 Å². The first-order valence-corrected chi connectivity index (χ1v) is 10.2. The molecular formula is C21H36BN3O6. The molecule has 0 heterocycles. The molecule has 0 aliphatic heterocycles. The zero-order chi connectivity index (χ0) is 24.1. The Bertz CT molecular complexity index is 696. The van der Waals surface area contributed by atoms with Gasteiger partial charge < -0.3 is 9.47 Å². The molecule has 1 unspecified atom stereocenters. The van der Waals surface area contributed by atoms with Crippen LogP contribution in [0.4, 0.5) is 4.79 Å². The molecule has 0 radical (unpaired) electrons. The fraction of sp³-hybridized carbons (Fsp3) is 0.714. The molecule has 174 valence electrons. The number of carbonyl (C=O) groups excluding carboxylic acids is 2. The molecular weight excluding hydrogens is 401 g/mol. The second kappa shape index (κ2) is 13.7. The summed E-state index contributed by atoms with van der Waals surface area (Å²) in [5.74, 6) is 0.266. The molecule has 0 aromatic heterocycles. The van der Waals surface area contributed by atoms with Crippen molar-refractivity contribution >= 4 is 24.9 Å². The van der Waals surface area contributed by atoms with E-state index in [-0.39, 0.29) is 17.3 Å². The van der Waals surface area contributed by atoms with Crippen molar-refractivity contribution in [3.05, 3.63) is 11.6 Å². The van der Waals surface area contributed by atoms with Gasteiger partial charge in [0, 0.05) is 12.7 Å². The van der Waals surface area contributed by atoms with Crippen molar-refractivity contribution in [1.29, 1.82) is 5.26 Å². The molecule has 10 heteroatoms. The Hall–Kier alpha value is -2.54. The van der Waals surface area contributed by atoms with E-state index in [0.29, 0.717) is 5.92 Å². The van der Waals surface area contributed by atoms with Crippen LogP contribution in [-0.2, 0) is 23.7 Å². The van der Waals surface area contributed by atoms with Crippen LogP contribution in [0.5, 0.6) is 0 Å². The zero-order valence-corrected chi connectivity index (χ0v) is 19.7. The Kier molecular flexibility index (Phi) is 12.6. The Morgan fingerprint density at radius 2 is 1.97 bits per heavy atom. The molecule has 0 bridgehead atoms. The summed E-state index contributed by atoms with van der Waals surface area (Å²) < 4.78 is 19.4. The smallest absolute Gasteiger partial charge is 0.333 e. The molecule has 0 spiro atoms. The maximum atomic E-state index is 11.4. The van der Waals surface area contributed by atoms with Gasteiger partial charge in [-0.25, -0.2) is 4.79 Å². The molecule has 0 aromatic rings. The maximum absolute atomic E-state index is 11.4. The fourth-order valence-electron chi connectivity index (χ4n) is 3.17. The largest absolute Gasteiger partial charge is 0.466 e.